The van der Waals surface area contributed by atoms with Gasteiger partial charge in [-0.2, -0.15) is 0 Å². The molecule has 1 N–H and O–H groups in total. The first kappa shape index (κ1) is 21.2. The molecule has 0 saturated carbocycles. The van der Waals surface area contributed by atoms with Crippen molar-refractivity contribution in [2.75, 3.05) is 16.8 Å². The van der Waals surface area contributed by atoms with Crippen molar-refractivity contribution < 1.29 is 14.0 Å². The highest BCUT2D eigenvalue weighted by Crippen LogP contribution is 2.42. The number of halogens is 1. The van der Waals surface area contributed by atoms with E-state index in [1.807, 2.05) is 6.07 Å². The highest BCUT2D eigenvalue weighted by Gasteiger charge is 2.27. The highest BCUT2D eigenvalue weighted by atomic mass is 32.2. The van der Waals surface area contributed by atoms with Gasteiger partial charge in [0.15, 0.2) is 0 Å². The van der Waals surface area contributed by atoms with Crippen molar-refractivity contribution >= 4 is 56.5 Å². The van der Waals surface area contributed by atoms with Crippen LogP contribution in [0.25, 0.3) is 10.2 Å². The van der Waals surface area contributed by atoms with Crippen LogP contribution in [-0.2, 0) is 0 Å². The molecule has 0 aliphatic carbocycles. The molecular weight excluding hydrogens is 457 g/mol. The van der Waals surface area contributed by atoms with Gasteiger partial charge in [0.1, 0.15) is 5.82 Å². The molecule has 0 radical (unpaired) electrons. The van der Waals surface area contributed by atoms with E-state index in [9.17, 15) is 14.0 Å². The summed E-state index contributed by atoms with van der Waals surface area (Å²) >= 11 is 2.80. The summed E-state index contributed by atoms with van der Waals surface area (Å²) in [5, 5.41) is 2.91. The van der Waals surface area contributed by atoms with Gasteiger partial charge in [-0.05, 0) is 61.5 Å². The topological polar surface area (TPSA) is 62.3 Å². The third-order valence-corrected chi connectivity index (χ3v) is 7.07. The number of anilines is 2. The van der Waals surface area contributed by atoms with Gasteiger partial charge in [-0.15, -0.1) is 17.3 Å². The average Bonchev–Trinajstić information content (AvgIpc) is 3.24. The minimum absolute atomic E-state index is 0.207. The Balaban J connectivity index is 1.51. The molecule has 4 aromatic rings. The zero-order chi connectivity index (χ0) is 22.9. The third kappa shape index (κ3) is 4.09. The number of carbonyl (C=O) groups is 2. The number of rotatable bonds is 3. The van der Waals surface area contributed by atoms with Crippen molar-refractivity contribution in [3.05, 3.63) is 77.1 Å². The Morgan fingerprint density at radius 2 is 2.00 bits per heavy atom. The fraction of sp³-hybridized carbons (Fsp3) is 0.0800. The summed E-state index contributed by atoms with van der Waals surface area (Å²) in [6.45, 7) is 1.92. The zero-order valence-electron chi connectivity index (χ0n) is 17.4. The first-order valence-electron chi connectivity index (χ1n) is 10.0. The van der Waals surface area contributed by atoms with Gasteiger partial charge < -0.3 is 5.32 Å². The van der Waals surface area contributed by atoms with Gasteiger partial charge >= 0.3 is 0 Å². The minimum atomic E-state index is -0.417. The van der Waals surface area contributed by atoms with Crippen LogP contribution in [-0.4, -0.2) is 23.3 Å². The summed E-state index contributed by atoms with van der Waals surface area (Å²) in [4.78, 5) is 33.1. The number of nitrogens with zero attached hydrogens (tertiary/aromatic N) is 2. The first-order valence-corrected chi connectivity index (χ1v) is 11.7. The molecule has 0 spiro atoms. The Hall–Kier alpha value is -3.67. The van der Waals surface area contributed by atoms with Gasteiger partial charge in [0.05, 0.1) is 33.5 Å². The number of benzene rings is 3. The van der Waals surface area contributed by atoms with E-state index in [-0.39, 0.29) is 18.4 Å². The number of nitrogens with one attached hydrogen (secondary N) is 1. The van der Waals surface area contributed by atoms with Crippen molar-refractivity contribution in [2.45, 2.75) is 16.7 Å². The molecular formula is C25H16FN3O2S2. The minimum Gasteiger partial charge on any atom is -0.322 e. The van der Waals surface area contributed by atoms with Crippen LogP contribution < -0.4 is 10.2 Å². The second-order valence-electron chi connectivity index (χ2n) is 7.23. The summed E-state index contributed by atoms with van der Waals surface area (Å²) in [6, 6.07) is 14.8. The highest BCUT2D eigenvalue weighted by molar-refractivity contribution is 7.99. The number of amides is 2. The standard InChI is InChI=1S/C25H16FN3O2S2/c1-2-3-10-29-20-8-6-17(28-24(30)15-4-9-21-19(11-15)27-14-32-21)13-23(20)33-22-12-16(26)5-7-18(22)25(29)31/h4-9,11-14H,10H2,1H3,(H,28,30). The SMILES string of the molecule is CC#CCN1C(=O)c2ccc(F)cc2Sc2cc(NC(=O)c3ccc4scnc4c3)ccc21. The Bertz CT molecular complexity index is 1490. The molecule has 2 heterocycles. The molecule has 1 aliphatic rings. The quantitative estimate of drug-likeness (QED) is 0.381. The molecule has 0 bridgehead atoms. The molecule has 5 rings (SSSR count). The number of thiazole rings is 1. The summed E-state index contributed by atoms with van der Waals surface area (Å²) in [5.41, 5.74) is 4.66. The monoisotopic (exact) mass is 473 g/mol. The predicted octanol–water partition coefficient (Wildman–Crippen LogP) is 5.82. The van der Waals surface area contributed by atoms with E-state index in [1.54, 1.807) is 47.7 Å². The molecule has 1 aromatic heterocycles. The van der Waals surface area contributed by atoms with E-state index in [0.717, 1.165) is 15.1 Å². The van der Waals surface area contributed by atoms with Crippen molar-refractivity contribution in [3.63, 3.8) is 0 Å². The maximum Gasteiger partial charge on any atom is 0.260 e. The van der Waals surface area contributed by atoms with Gasteiger partial charge in [0.2, 0.25) is 0 Å². The average molecular weight is 474 g/mol. The van der Waals surface area contributed by atoms with Crippen molar-refractivity contribution in [1.29, 1.82) is 0 Å². The number of carbonyl (C=O) groups excluding carboxylic acids is 2. The maximum atomic E-state index is 13.9. The Labute approximate surface area is 197 Å². The van der Waals surface area contributed by atoms with Crippen molar-refractivity contribution in [1.82, 2.24) is 4.98 Å². The molecule has 3 aromatic carbocycles. The molecule has 0 saturated heterocycles. The summed E-state index contributed by atoms with van der Waals surface area (Å²) in [5.74, 6) is 4.83. The Kier molecular flexibility index (Phi) is 5.58. The van der Waals surface area contributed by atoms with E-state index in [1.165, 1.54) is 41.3 Å². The van der Waals surface area contributed by atoms with E-state index in [0.29, 0.717) is 27.4 Å². The second-order valence-corrected chi connectivity index (χ2v) is 9.20. The lowest BCUT2D eigenvalue weighted by Gasteiger charge is -2.21. The van der Waals surface area contributed by atoms with Crippen LogP contribution in [0.2, 0.25) is 0 Å². The van der Waals surface area contributed by atoms with Crippen molar-refractivity contribution in [3.8, 4) is 11.8 Å². The number of hydrogen-bond acceptors (Lipinski definition) is 5. The smallest absolute Gasteiger partial charge is 0.260 e. The molecule has 33 heavy (non-hydrogen) atoms. The Morgan fingerprint density at radius 3 is 2.85 bits per heavy atom. The molecule has 0 fully saturated rings. The van der Waals surface area contributed by atoms with E-state index < -0.39 is 5.82 Å². The Morgan fingerprint density at radius 1 is 1.12 bits per heavy atom. The molecule has 5 nitrogen and oxygen atoms in total. The van der Waals surface area contributed by atoms with Gasteiger partial charge in [0.25, 0.3) is 11.8 Å². The van der Waals surface area contributed by atoms with Crippen LogP contribution in [0.15, 0.2) is 69.9 Å². The van der Waals surface area contributed by atoms with Crippen LogP contribution in [0.1, 0.15) is 27.6 Å². The molecule has 8 heteroatoms. The van der Waals surface area contributed by atoms with E-state index >= 15 is 0 Å². The maximum absolute atomic E-state index is 13.9. The molecule has 1 aliphatic heterocycles. The van der Waals surface area contributed by atoms with Crippen LogP contribution in [0.5, 0.6) is 0 Å². The van der Waals surface area contributed by atoms with Crippen LogP contribution in [0.4, 0.5) is 15.8 Å². The van der Waals surface area contributed by atoms with Gasteiger partial charge in [-0.25, -0.2) is 9.37 Å². The van der Waals surface area contributed by atoms with Gasteiger partial charge in [-0.1, -0.05) is 17.7 Å². The fourth-order valence-corrected chi connectivity index (χ4v) is 5.35. The molecule has 0 unspecified atom stereocenters. The fourth-order valence-electron chi connectivity index (χ4n) is 3.54. The lowest BCUT2D eigenvalue weighted by atomic mass is 10.1. The molecule has 0 atom stereocenters. The number of aromatic nitrogens is 1. The first-order chi connectivity index (χ1) is 16.0. The lowest BCUT2D eigenvalue weighted by molar-refractivity contribution is 0.0985. The summed E-state index contributed by atoms with van der Waals surface area (Å²) < 4.78 is 14.9. The van der Waals surface area contributed by atoms with E-state index in [2.05, 4.69) is 22.1 Å². The van der Waals surface area contributed by atoms with Crippen LogP contribution in [0, 0.1) is 17.7 Å². The normalized spacial score (nSPS) is 12.4. The summed E-state index contributed by atoms with van der Waals surface area (Å²) in [7, 11) is 0. The van der Waals surface area contributed by atoms with Crippen LogP contribution >= 0.6 is 23.1 Å². The van der Waals surface area contributed by atoms with E-state index in [4.69, 9.17) is 0 Å². The van der Waals surface area contributed by atoms with Gasteiger partial charge in [-0.3, -0.25) is 14.5 Å². The lowest BCUT2D eigenvalue weighted by Crippen LogP contribution is -2.31. The zero-order valence-corrected chi connectivity index (χ0v) is 19.0. The summed E-state index contributed by atoms with van der Waals surface area (Å²) in [6.07, 6.45) is 0. The number of fused-ring (bicyclic) bond motifs is 3. The molecule has 2 amide bonds. The van der Waals surface area contributed by atoms with Crippen molar-refractivity contribution in [2.24, 2.45) is 0 Å². The largest absolute Gasteiger partial charge is 0.322 e. The number of hydrogen-bond donors (Lipinski definition) is 1. The third-order valence-electron chi connectivity index (χ3n) is 5.15. The molecule has 162 valence electrons. The van der Waals surface area contributed by atoms with Crippen LogP contribution in [0.3, 0.4) is 0 Å². The predicted molar refractivity (Wildman–Crippen MR) is 130 cm³/mol. The second kappa shape index (κ2) is 8.70. The van der Waals surface area contributed by atoms with Gasteiger partial charge in [0, 0.05) is 21.0 Å².